The fraction of sp³-hybridized carbons (Fsp3) is 0.423. The van der Waals surface area contributed by atoms with Crippen molar-refractivity contribution in [3.8, 4) is 11.5 Å². The van der Waals surface area contributed by atoms with Gasteiger partial charge >= 0.3 is 17.3 Å². The van der Waals surface area contributed by atoms with Gasteiger partial charge in [0.1, 0.15) is 24.3 Å². The highest BCUT2D eigenvalue weighted by atomic mass is 35.5. The van der Waals surface area contributed by atoms with Crippen molar-refractivity contribution in [2.45, 2.75) is 38.1 Å². The lowest BCUT2D eigenvalue weighted by Gasteiger charge is -2.33. The molecule has 3 aromatic rings. The number of halogens is 4. The molecular weight excluding hydrogens is 541 g/mol. The van der Waals surface area contributed by atoms with E-state index in [0.29, 0.717) is 24.0 Å². The number of benzene rings is 2. The van der Waals surface area contributed by atoms with Gasteiger partial charge in [-0.1, -0.05) is 0 Å². The van der Waals surface area contributed by atoms with Crippen LogP contribution in [-0.2, 0) is 12.7 Å². The second kappa shape index (κ2) is 12.6. The van der Waals surface area contributed by atoms with Gasteiger partial charge in [0.25, 0.3) is 0 Å². The molecule has 39 heavy (non-hydrogen) atoms. The molecule has 13 heteroatoms. The molecule has 0 aliphatic carbocycles. The van der Waals surface area contributed by atoms with Crippen LogP contribution >= 0.6 is 11.6 Å². The van der Waals surface area contributed by atoms with Crippen molar-refractivity contribution in [2.75, 3.05) is 31.2 Å². The zero-order valence-corrected chi connectivity index (χ0v) is 21.6. The number of piperidine rings is 1. The molecule has 0 unspecified atom stereocenters. The quantitative estimate of drug-likeness (QED) is 0.238. The van der Waals surface area contributed by atoms with Crippen LogP contribution in [0.4, 0.5) is 24.7 Å². The molecule has 9 nitrogen and oxygen atoms in total. The normalized spacial score (nSPS) is 15.3. The standard InChI is InChI=1S/C26H28ClF3N4O5/c27-25-31-24(34(36)37)15-33(25)14-11-21(35)17-39-23-7-3-20(4-8-23)32-12-9-18(10-13-32)16-38-22-5-1-19(2-6-22)26(28,29)30/h1-8,15,18,21,35H,9-14,16-17H2/t21-/m1/s1. The van der Waals surface area contributed by atoms with Crippen LogP contribution in [0, 0.1) is 16.0 Å². The van der Waals surface area contributed by atoms with Gasteiger partial charge in [-0.2, -0.15) is 13.2 Å². The largest absolute Gasteiger partial charge is 0.493 e. The smallest absolute Gasteiger partial charge is 0.416 e. The van der Waals surface area contributed by atoms with Gasteiger partial charge in [-0.25, -0.2) is 0 Å². The summed E-state index contributed by atoms with van der Waals surface area (Å²) in [5, 5.41) is 21.0. The number of alkyl halides is 3. The summed E-state index contributed by atoms with van der Waals surface area (Å²) in [4.78, 5) is 16.0. The van der Waals surface area contributed by atoms with Gasteiger partial charge in [-0.3, -0.25) is 4.57 Å². The molecule has 0 bridgehead atoms. The van der Waals surface area contributed by atoms with Gasteiger partial charge in [-0.15, -0.1) is 0 Å². The first-order chi connectivity index (χ1) is 18.6. The van der Waals surface area contributed by atoms with E-state index >= 15 is 0 Å². The van der Waals surface area contributed by atoms with E-state index in [1.54, 1.807) is 0 Å². The number of nitrogens with zero attached hydrogens (tertiary/aromatic N) is 4. The number of hydrogen-bond acceptors (Lipinski definition) is 7. The summed E-state index contributed by atoms with van der Waals surface area (Å²) in [6.07, 6.45) is -1.86. The molecule has 2 aromatic carbocycles. The number of aliphatic hydroxyl groups is 1. The van der Waals surface area contributed by atoms with Crippen LogP contribution in [0.1, 0.15) is 24.8 Å². The maximum absolute atomic E-state index is 12.7. The molecule has 1 N–H and O–H groups in total. The zero-order valence-electron chi connectivity index (χ0n) is 20.9. The van der Waals surface area contributed by atoms with E-state index in [9.17, 15) is 28.4 Å². The molecule has 1 saturated heterocycles. The Balaban J connectivity index is 1.16. The molecule has 1 fully saturated rings. The van der Waals surface area contributed by atoms with Gasteiger partial charge in [0.15, 0.2) is 0 Å². The fourth-order valence-corrected chi connectivity index (χ4v) is 4.47. The van der Waals surface area contributed by atoms with E-state index in [4.69, 9.17) is 21.1 Å². The molecule has 1 aliphatic rings. The van der Waals surface area contributed by atoms with Crippen molar-refractivity contribution < 1.29 is 32.7 Å². The second-order valence-electron chi connectivity index (χ2n) is 9.33. The molecule has 210 valence electrons. The van der Waals surface area contributed by atoms with Crippen LogP contribution in [-0.4, -0.2) is 52.0 Å². The number of ether oxygens (including phenoxy) is 2. The summed E-state index contributed by atoms with van der Waals surface area (Å²) in [6.45, 7) is 2.43. The molecule has 2 heterocycles. The minimum atomic E-state index is -4.36. The maximum Gasteiger partial charge on any atom is 0.416 e. The number of aromatic nitrogens is 2. The Morgan fingerprint density at radius 1 is 1.08 bits per heavy atom. The third-order valence-electron chi connectivity index (χ3n) is 6.53. The predicted molar refractivity (Wildman–Crippen MR) is 138 cm³/mol. The summed E-state index contributed by atoms with van der Waals surface area (Å²) in [6, 6.07) is 12.3. The van der Waals surface area contributed by atoms with Gasteiger partial charge in [0, 0.05) is 25.3 Å². The number of aryl methyl sites for hydroxylation is 1. The molecule has 0 spiro atoms. The van der Waals surface area contributed by atoms with Crippen LogP contribution in [0.25, 0.3) is 0 Å². The van der Waals surface area contributed by atoms with Gasteiger partial charge in [0.05, 0.1) is 18.3 Å². The van der Waals surface area contributed by atoms with Crippen LogP contribution in [0.3, 0.4) is 0 Å². The molecule has 0 saturated carbocycles. The van der Waals surface area contributed by atoms with Crippen LogP contribution < -0.4 is 14.4 Å². The summed E-state index contributed by atoms with van der Waals surface area (Å²) in [5.74, 6) is 1.01. The molecular formula is C26H28ClF3N4O5. The van der Waals surface area contributed by atoms with Crippen LogP contribution in [0.15, 0.2) is 54.7 Å². The van der Waals surface area contributed by atoms with Gasteiger partial charge < -0.3 is 29.6 Å². The summed E-state index contributed by atoms with van der Waals surface area (Å²) in [7, 11) is 0. The monoisotopic (exact) mass is 568 g/mol. The van der Waals surface area contributed by atoms with Crippen molar-refractivity contribution in [2.24, 2.45) is 5.92 Å². The van der Waals surface area contributed by atoms with Crippen molar-refractivity contribution >= 4 is 23.1 Å². The summed E-state index contributed by atoms with van der Waals surface area (Å²) >= 11 is 5.88. The fourth-order valence-electron chi connectivity index (χ4n) is 4.25. The van der Waals surface area contributed by atoms with E-state index in [2.05, 4.69) is 9.88 Å². The number of anilines is 1. The van der Waals surface area contributed by atoms with E-state index in [-0.39, 0.29) is 30.7 Å². The predicted octanol–water partition coefficient (Wildman–Crippen LogP) is 5.59. The number of nitro groups is 1. The Labute approximate surface area is 227 Å². The Morgan fingerprint density at radius 3 is 2.28 bits per heavy atom. The van der Waals surface area contributed by atoms with Gasteiger partial charge in [0.2, 0.25) is 0 Å². The molecule has 1 aliphatic heterocycles. The minimum absolute atomic E-state index is 0.0129. The van der Waals surface area contributed by atoms with Crippen LogP contribution in [0.2, 0.25) is 5.28 Å². The SMILES string of the molecule is O=[N+]([O-])c1cn(CC[C@@H](O)COc2ccc(N3CCC(COc4ccc(C(F)(F)F)cc4)CC3)cc2)c(Cl)n1. The third kappa shape index (κ3) is 7.99. The first-order valence-corrected chi connectivity index (χ1v) is 12.8. The van der Waals surface area contributed by atoms with E-state index in [0.717, 1.165) is 43.8 Å². The molecule has 4 rings (SSSR count). The van der Waals surface area contributed by atoms with Crippen molar-refractivity contribution in [3.05, 3.63) is 75.7 Å². The lowest BCUT2D eigenvalue weighted by Crippen LogP contribution is -2.35. The number of rotatable bonds is 11. The van der Waals surface area contributed by atoms with Crippen molar-refractivity contribution in [1.29, 1.82) is 0 Å². The second-order valence-corrected chi connectivity index (χ2v) is 9.67. The lowest BCUT2D eigenvalue weighted by atomic mass is 9.97. The minimum Gasteiger partial charge on any atom is -0.493 e. The summed E-state index contributed by atoms with van der Waals surface area (Å²) < 4.78 is 50.9. The maximum atomic E-state index is 12.7. The number of imidazole rings is 1. The molecule has 0 radical (unpaired) electrons. The zero-order chi connectivity index (χ0) is 28.0. The van der Waals surface area contributed by atoms with Crippen LogP contribution in [0.5, 0.6) is 11.5 Å². The van der Waals surface area contributed by atoms with Crippen molar-refractivity contribution in [3.63, 3.8) is 0 Å². The highest BCUT2D eigenvalue weighted by Gasteiger charge is 2.30. The Hall–Kier alpha value is -3.51. The number of aliphatic hydroxyl groups excluding tert-OH is 1. The van der Waals surface area contributed by atoms with Crippen molar-refractivity contribution in [1.82, 2.24) is 9.55 Å². The first-order valence-electron chi connectivity index (χ1n) is 12.4. The number of hydrogen-bond donors (Lipinski definition) is 1. The highest BCUT2D eigenvalue weighted by molar-refractivity contribution is 6.28. The van der Waals surface area contributed by atoms with Gasteiger partial charge in [-0.05, 0) is 95.2 Å². The molecule has 1 atom stereocenters. The molecule has 1 aromatic heterocycles. The third-order valence-corrected chi connectivity index (χ3v) is 6.83. The topological polar surface area (TPSA) is 103 Å². The average Bonchev–Trinajstić information content (AvgIpc) is 3.30. The Bertz CT molecular complexity index is 1230. The van der Waals surface area contributed by atoms with E-state index in [1.165, 1.54) is 22.9 Å². The lowest BCUT2D eigenvalue weighted by molar-refractivity contribution is -0.389. The average molecular weight is 569 g/mol. The Kier molecular flexibility index (Phi) is 9.18. The highest BCUT2D eigenvalue weighted by Crippen LogP contribution is 2.31. The molecule has 0 amide bonds. The van der Waals surface area contributed by atoms with E-state index < -0.39 is 22.8 Å². The first kappa shape index (κ1) is 28.5. The Morgan fingerprint density at radius 2 is 1.69 bits per heavy atom. The van der Waals surface area contributed by atoms with E-state index in [1.807, 2.05) is 24.3 Å². The summed E-state index contributed by atoms with van der Waals surface area (Å²) in [5.41, 5.74) is 0.350.